The van der Waals surface area contributed by atoms with Gasteiger partial charge in [-0.2, -0.15) is 0 Å². The second-order valence-corrected chi connectivity index (χ2v) is 7.58. The summed E-state index contributed by atoms with van der Waals surface area (Å²) in [6, 6.07) is 13.6. The molecule has 3 aromatic rings. The van der Waals surface area contributed by atoms with Crippen molar-refractivity contribution in [1.29, 1.82) is 0 Å². The van der Waals surface area contributed by atoms with Gasteiger partial charge in [0.15, 0.2) is 0 Å². The van der Waals surface area contributed by atoms with E-state index >= 15 is 0 Å². The molecule has 30 heavy (non-hydrogen) atoms. The highest BCUT2D eigenvalue weighted by molar-refractivity contribution is 6.05. The van der Waals surface area contributed by atoms with Crippen LogP contribution in [-0.2, 0) is 4.74 Å². The van der Waals surface area contributed by atoms with Crippen LogP contribution >= 0.6 is 0 Å². The quantitative estimate of drug-likeness (QED) is 0.375. The summed E-state index contributed by atoms with van der Waals surface area (Å²) >= 11 is 0. The van der Waals surface area contributed by atoms with Gasteiger partial charge in [-0.3, -0.25) is 0 Å². The van der Waals surface area contributed by atoms with Gasteiger partial charge in [0.1, 0.15) is 17.9 Å². The first kappa shape index (κ1) is 20.1. The number of ether oxygens (including phenoxy) is 2. The number of fused-ring (bicyclic) bond motifs is 1. The van der Waals surface area contributed by atoms with Gasteiger partial charge in [0, 0.05) is 17.0 Å². The van der Waals surface area contributed by atoms with Crippen molar-refractivity contribution in [3.8, 4) is 16.9 Å². The largest absolute Gasteiger partial charge is 0.489 e. The number of esters is 1. The summed E-state index contributed by atoms with van der Waals surface area (Å²) in [6.45, 7) is 4.15. The van der Waals surface area contributed by atoms with Crippen LogP contribution in [0.2, 0.25) is 0 Å². The maximum atomic E-state index is 12.1. The molecule has 0 amide bonds. The molecule has 0 aliphatic heterocycles. The van der Waals surface area contributed by atoms with Gasteiger partial charge in [0.25, 0.3) is 0 Å². The molecule has 2 aromatic carbocycles. The summed E-state index contributed by atoms with van der Waals surface area (Å²) in [5, 5.41) is 4.48. The third kappa shape index (κ3) is 4.06. The Morgan fingerprint density at radius 3 is 2.77 bits per heavy atom. The number of para-hydroxylation sites is 1. The Morgan fingerprint density at radius 2 is 2.00 bits per heavy atom. The number of methoxy groups -OCH3 is 1. The third-order valence-electron chi connectivity index (χ3n) is 5.56. The summed E-state index contributed by atoms with van der Waals surface area (Å²) in [4.78, 5) is 12.1. The average Bonchev–Trinajstić information content (AvgIpc) is 3.14. The van der Waals surface area contributed by atoms with E-state index in [4.69, 9.17) is 13.9 Å². The zero-order valence-corrected chi connectivity index (χ0v) is 17.3. The first-order chi connectivity index (χ1) is 14.7. The molecule has 0 saturated heterocycles. The van der Waals surface area contributed by atoms with Gasteiger partial charge in [-0.05, 0) is 37.1 Å². The highest BCUT2D eigenvalue weighted by Gasteiger charge is 2.23. The van der Waals surface area contributed by atoms with Gasteiger partial charge in [0.05, 0.1) is 18.2 Å². The van der Waals surface area contributed by atoms with Crippen LogP contribution in [0.15, 0.2) is 59.5 Å². The number of hydrogen-bond donors (Lipinski definition) is 1. The van der Waals surface area contributed by atoms with E-state index in [-0.39, 0.29) is 5.97 Å². The molecular weight excluding hydrogens is 378 g/mol. The predicted octanol–water partition coefficient (Wildman–Crippen LogP) is 6.20. The smallest absolute Gasteiger partial charge is 0.337 e. The maximum Gasteiger partial charge on any atom is 0.337 e. The Balaban J connectivity index is 1.86. The van der Waals surface area contributed by atoms with Crippen LogP contribution < -0.4 is 10.1 Å². The standard InChI is InChI=1S/C25H27NO4/c1-3-15-29-21-12-8-7-11-19(21)23-20-16-17(25(27)28-2)13-14-22(20)30-24(23)26-18-9-5-4-6-10-18/h3,7-8,11-14,16,18,26H,1,4-6,9-10,15H2,2H3. The van der Waals surface area contributed by atoms with Crippen molar-refractivity contribution in [2.24, 2.45) is 0 Å². The number of furan rings is 1. The molecule has 0 radical (unpaired) electrons. The minimum Gasteiger partial charge on any atom is -0.489 e. The first-order valence-corrected chi connectivity index (χ1v) is 10.5. The topological polar surface area (TPSA) is 60.7 Å². The Bertz CT molecular complexity index is 1050. The van der Waals surface area contributed by atoms with Crippen molar-refractivity contribution in [3.63, 3.8) is 0 Å². The van der Waals surface area contributed by atoms with Crippen LogP contribution in [0.4, 0.5) is 5.88 Å². The van der Waals surface area contributed by atoms with Gasteiger partial charge >= 0.3 is 5.97 Å². The number of hydrogen-bond acceptors (Lipinski definition) is 5. The van der Waals surface area contributed by atoms with Crippen molar-refractivity contribution in [3.05, 3.63) is 60.7 Å². The number of anilines is 1. The van der Waals surface area contributed by atoms with Crippen LogP contribution in [0.1, 0.15) is 42.5 Å². The maximum absolute atomic E-state index is 12.1. The molecule has 0 spiro atoms. The Labute approximate surface area is 176 Å². The summed E-state index contributed by atoms with van der Waals surface area (Å²) < 4.78 is 17.1. The molecule has 1 aromatic heterocycles. The zero-order chi connectivity index (χ0) is 20.9. The predicted molar refractivity (Wildman–Crippen MR) is 119 cm³/mol. The molecule has 156 valence electrons. The lowest BCUT2D eigenvalue weighted by molar-refractivity contribution is 0.0601. The first-order valence-electron chi connectivity index (χ1n) is 10.5. The number of rotatable bonds is 7. The van der Waals surface area contributed by atoms with Crippen LogP contribution in [0.3, 0.4) is 0 Å². The average molecular weight is 405 g/mol. The Kier molecular flexibility index (Phi) is 6.07. The van der Waals surface area contributed by atoms with Crippen LogP contribution in [0.5, 0.6) is 5.75 Å². The van der Waals surface area contributed by atoms with E-state index in [2.05, 4.69) is 11.9 Å². The van der Waals surface area contributed by atoms with Gasteiger partial charge in [0.2, 0.25) is 5.88 Å². The minimum absolute atomic E-state index is 0.373. The van der Waals surface area contributed by atoms with Crippen LogP contribution in [0, 0.1) is 0 Å². The van der Waals surface area contributed by atoms with Crippen LogP contribution in [-0.4, -0.2) is 25.7 Å². The fourth-order valence-corrected chi connectivity index (χ4v) is 4.09. The third-order valence-corrected chi connectivity index (χ3v) is 5.56. The van der Waals surface area contributed by atoms with E-state index in [1.165, 1.54) is 26.4 Å². The molecule has 1 N–H and O–H groups in total. The summed E-state index contributed by atoms with van der Waals surface area (Å²) in [5.41, 5.74) is 3.02. The van der Waals surface area contributed by atoms with Crippen molar-refractivity contribution in [2.75, 3.05) is 19.0 Å². The highest BCUT2D eigenvalue weighted by atomic mass is 16.5. The molecule has 0 bridgehead atoms. The summed E-state index contributed by atoms with van der Waals surface area (Å²) in [5.74, 6) is 1.09. The zero-order valence-electron chi connectivity index (χ0n) is 17.3. The van der Waals surface area contributed by atoms with E-state index in [9.17, 15) is 4.79 Å². The highest BCUT2D eigenvalue weighted by Crippen LogP contribution is 2.43. The molecule has 5 heteroatoms. The monoisotopic (exact) mass is 405 g/mol. The molecule has 5 nitrogen and oxygen atoms in total. The fraction of sp³-hybridized carbons (Fsp3) is 0.320. The van der Waals surface area contributed by atoms with Crippen molar-refractivity contribution in [2.45, 2.75) is 38.1 Å². The van der Waals surface area contributed by atoms with Crippen molar-refractivity contribution in [1.82, 2.24) is 0 Å². The number of carbonyl (C=O) groups excluding carboxylic acids is 1. The number of carbonyl (C=O) groups is 1. The van der Waals surface area contributed by atoms with E-state index in [0.717, 1.165) is 40.7 Å². The lowest BCUT2D eigenvalue weighted by Crippen LogP contribution is -2.22. The minimum atomic E-state index is -0.373. The number of benzene rings is 2. The molecule has 0 unspecified atom stereocenters. The van der Waals surface area contributed by atoms with Crippen molar-refractivity contribution < 1.29 is 18.7 Å². The molecule has 1 heterocycles. The van der Waals surface area contributed by atoms with E-state index in [0.29, 0.717) is 24.1 Å². The second kappa shape index (κ2) is 9.08. The normalized spacial score (nSPS) is 14.4. The molecule has 1 aliphatic carbocycles. The molecule has 0 atom stereocenters. The molecule has 1 fully saturated rings. The van der Waals surface area contributed by atoms with Crippen molar-refractivity contribution >= 4 is 22.8 Å². The number of nitrogens with one attached hydrogen (secondary N) is 1. The van der Waals surface area contributed by atoms with Gasteiger partial charge in [-0.1, -0.05) is 50.1 Å². The molecule has 1 saturated carbocycles. The van der Waals surface area contributed by atoms with Gasteiger partial charge < -0.3 is 19.2 Å². The summed E-state index contributed by atoms with van der Waals surface area (Å²) in [7, 11) is 1.39. The lowest BCUT2D eigenvalue weighted by Gasteiger charge is -2.23. The van der Waals surface area contributed by atoms with E-state index in [1.807, 2.05) is 36.4 Å². The molecule has 1 aliphatic rings. The van der Waals surface area contributed by atoms with Gasteiger partial charge in [-0.15, -0.1) is 0 Å². The molecule has 4 rings (SSSR count). The van der Waals surface area contributed by atoms with Gasteiger partial charge in [-0.25, -0.2) is 4.79 Å². The SMILES string of the molecule is C=CCOc1ccccc1-c1c(NC2CCCCC2)oc2ccc(C(=O)OC)cc12. The molecular formula is C25H27NO4. The Hall–Kier alpha value is -3.21. The summed E-state index contributed by atoms with van der Waals surface area (Å²) in [6.07, 6.45) is 7.70. The fourth-order valence-electron chi connectivity index (χ4n) is 4.09. The second-order valence-electron chi connectivity index (χ2n) is 7.58. The van der Waals surface area contributed by atoms with Crippen LogP contribution in [0.25, 0.3) is 22.1 Å². The van der Waals surface area contributed by atoms with E-state index in [1.54, 1.807) is 12.1 Å². The van der Waals surface area contributed by atoms with E-state index < -0.39 is 0 Å². The Morgan fingerprint density at radius 1 is 1.20 bits per heavy atom. The lowest BCUT2D eigenvalue weighted by atomic mass is 9.95.